The molecule has 0 aliphatic carbocycles. The molecule has 0 spiro atoms. The Labute approximate surface area is 158 Å². The Kier molecular flexibility index (Phi) is 17.2. The molecule has 138 valence electrons. The van der Waals surface area contributed by atoms with Crippen LogP contribution in [0, 0.1) is 0 Å². The number of thioether (sulfide) groups is 2. The molecule has 3 nitrogen and oxygen atoms in total. The van der Waals surface area contributed by atoms with Crippen LogP contribution >= 0.6 is 36.2 Å². The summed E-state index contributed by atoms with van der Waals surface area (Å²) < 4.78 is 18.2. The molecule has 0 radical (unpaired) electrons. The zero-order chi connectivity index (χ0) is 17.5. The molecule has 3 atom stereocenters. The van der Waals surface area contributed by atoms with Crippen molar-refractivity contribution in [2.24, 2.45) is 0 Å². The maximum absolute atomic E-state index is 6.13. The van der Waals surface area contributed by atoms with Crippen molar-refractivity contribution in [3.8, 4) is 0 Å². The fourth-order valence-corrected chi connectivity index (χ4v) is 4.26. The average molecular weight is 382 g/mol. The van der Waals surface area contributed by atoms with Gasteiger partial charge in [-0.2, -0.15) is 0 Å². The van der Waals surface area contributed by atoms with Crippen LogP contribution in [0.25, 0.3) is 0 Å². The van der Waals surface area contributed by atoms with Crippen LogP contribution in [-0.4, -0.2) is 35.1 Å². The Morgan fingerprint density at radius 1 is 0.739 bits per heavy atom. The van der Waals surface area contributed by atoms with Crippen LogP contribution in [0.2, 0.25) is 0 Å². The lowest BCUT2D eigenvalue weighted by molar-refractivity contribution is 0.0636. The van der Waals surface area contributed by atoms with Crippen LogP contribution in [0.1, 0.15) is 73.1 Å². The molecule has 0 aliphatic heterocycles. The fourth-order valence-electron chi connectivity index (χ4n) is 2.01. The topological polar surface area (TPSA) is 27.7 Å². The van der Waals surface area contributed by atoms with E-state index in [2.05, 4.69) is 47.2 Å². The summed E-state index contributed by atoms with van der Waals surface area (Å²) in [6.45, 7) is 10.8. The molecule has 0 saturated carbocycles. The molecule has 0 aliphatic rings. The van der Waals surface area contributed by atoms with Gasteiger partial charge in [0.15, 0.2) is 0 Å². The highest BCUT2D eigenvalue weighted by Crippen LogP contribution is 2.24. The highest BCUT2D eigenvalue weighted by molar-refractivity contribution is 8.00. The minimum atomic E-state index is -0.629. The third-order valence-electron chi connectivity index (χ3n) is 3.08. The van der Waals surface area contributed by atoms with Crippen molar-refractivity contribution < 1.29 is 14.0 Å². The summed E-state index contributed by atoms with van der Waals surface area (Å²) in [4.78, 5) is 0. The van der Waals surface area contributed by atoms with Gasteiger partial charge in [0.1, 0.15) is 0 Å². The summed E-state index contributed by atoms with van der Waals surface area (Å²) in [7, 11) is -0.629. The predicted molar refractivity (Wildman–Crippen MR) is 110 cm³/mol. The Morgan fingerprint density at radius 3 is 1.52 bits per heavy atom. The molecule has 23 heavy (non-hydrogen) atoms. The summed E-state index contributed by atoms with van der Waals surface area (Å²) in [5, 5.41) is 0. The summed E-state index contributed by atoms with van der Waals surface area (Å²) in [6, 6.07) is 0. The van der Waals surface area contributed by atoms with Crippen LogP contribution in [0.3, 0.4) is 0 Å². The quantitative estimate of drug-likeness (QED) is 0.206. The van der Waals surface area contributed by atoms with Crippen molar-refractivity contribution in [2.45, 2.75) is 89.5 Å². The van der Waals surface area contributed by atoms with E-state index in [1.165, 1.54) is 0 Å². The molecular weight excluding hydrogens is 347 g/mol. The van der Waals surface area contributed by atoms with Gasteiger partial charge in [0, 0.05) is 0 Å². The first-order valence-corrected chi connectivity index (χ1v) is 11.6. The molecule has 0 aromatic heterocycles. The number of hydrogen-bond donors (Lipinski definition) is 1. The Hall–Kier alpha value is 0.995. The van der Waals surface area contributed by atoms with Crippen LogP contribution < -0.4 is 0 Å². The van der Waals surface area contributed by atoms with E-state index >= 15 is 0 Å². The van der Waals surface area contributed by atoms with E-state index in [-0.39, 0.29) is 16.3 Å². The smallest absolute Gasteiger partial charge is 0.374 e. The van der Waals surface area contributed by atoms with Crippen molar-refractivity contribution in [1.82, 2.24) is 0 Å². The highest BCUT2D eigenvalue weighted by atomic mass is 32.2. The molecule has 0 aromatic rings. The van der Waals surface area contributed by atoms with E-state index in [1.807, 2.05) is 23.5 Å². The van der Waals surface area contributed by atoms with Crippen molar-refractivity contribution >= 4 is 43.5 Å². The monoisotopic (exact) mass is 382 g/mol. The van der Waals surface area contributed by atoms with Gasteiger partial charge in [-0.05, 0) is 30.8 Å². The number of rotatable bonds is 16. The normalized spacial score (nSPS) is 15.4. The van der Waals surface area contributed by atoms with E-state index in [4.69, 9.17) is 14.0 Å². The van der Waals surface area contributed by atoms with Gasteiger partial charge in [0.2, 0.25) is 0 Å². The van der Waals surface area contributed by atoms with Gasteiger partial charge in [-0.1, -0.05) is 53.9 Å². The maximum atomic E-state index is 6.13. The maximum Gasteiger partial charge on any atom is 0.641 e. The summed E-state index contributed by atoms with van der Waals surface area (Å²) in [5.74, 6) is 2.05. The standard InChI is InChI=1S/C16H35BO3S3/c1-6-11-14(21)18-17(19-15(12-7-2)22-9-4)20-16(13-8-3)23-10-5/h14-16,21H,6-13H2,1-5H3. The van der Waals surface area contributed by atoms with Crippen molar-refractivity contribution in [3.63, 3.8) is 0 Å². The first-order chi connectivity index (χ1) is 11.1. The average Bonchev–Trinajstić information content (AvgIpc) is 2.48. The first kappa shape index (κ1) is 24.0. The van der Waals surface area contributed by atoms with E-state index in [9.17, 15) is 0 Å². The summed E-state index contributed by atoms with van der Waals surface area (Å²) in [5.41, 5.74) is 0.0879. The molecule has 0 bridgehead atoms. The van der Waals surface area contributed by atoms with Crippen molar-refractivity contribution in [2.75, 3.05) is 11.5 Å². The molecule has 0 N–H and O–H groups in total. The Bertz CT molecular complexity index is 233. The van der Waals surface area contributed by atoms with Crippen molar-refractivity contribution in [1.29, 1.82) is 0 Å². The van der Waals surface area contributed by atoms with Gasteiger partial charge < -0.3 is 14.0 Å². The molecule has 0 fully saturated rings. The number of hydrogen-bond acceptors (Lipinski definition) is 6. The molecule has 0 amide bonds. The zero-order valence-corrected chi connectivity index (χ0v) is 18.0. The lowest BCUT2D eigenvalue weighted by Crippen LogP contribution is -2.36. The Balaban J connectivity index is 4.74. The van der Waals surface area contributed by atoms with Gasteiger partial charge >= 0.3 is 7.32 Å². The molecule has 0 saturated heterocycles. The van der Waals surface area contributed by atoms with E-state index in [1.54, 1.807) is 0 Å². The third-order valence-corrected chi connectivity index (χ3v) is 5.57. The fraction of sp³-hybridized carbons (Fsp3) is 1.00. The summed E-state index contributed by atoms with van der Waals surface area (Å²) >= 11 is 8.13. The summed E-state index contributed by atoms with van der Waals surface area (Å²) in [6.07, 6.45) is 6.12. The minimum Gasteiger partial charge on any atom is -0.374 e. The molecule has 7 heteroatoms. The second-order valence-corrected chi connectivity index (χ2v) is 8.74. The lowest BCUT2D eigenvalue weighted by Gasteiger charge is -2.26. The zero-order valence-electron chi connectivity index (χ0n) is 15.5. The van der Waals surface area contributed by atoms with Crippen LogP contribution in [0.5, 0.6) is 0 Å². The van der Waals surface area contributed by atoms with Gasteiger partial charge in [0.25, 0.3) is 0 Å². The van der Waals surface area contributed by atoms with E-state index in [0.29, 0.717) is 0 Å². The van der Waals surface area contributed by atoms with Crippen molar-refractivity contribution in [3.05, 3.63) is 0 Å². The Morgan fingerprint density at radius 2 is 1.17 bits per heavy atom. The second kappa shape index (κ2) is 16.5. The van der Waals surface area contributed by atoms with E-state index in [0.717, 1.165) is 50.0 Å². The molecule has 0 rings (SSSR count). The molecule has 0 aromatic carbocycles. The third kappa shape index (κ3) is 12.9. The molecule has 3 unspecified atom stereocenters. The van der Waals surface area contributed by atoms with Gasteiger partial charge in [-0.25, -0.2) is 0 Å². The largest absolute Gasteiger partial charge is 0.641 e. The molecular formula is C16H35BO3S3. The number of thiol groups is 1. The first-order valence-electron chi connectivity index (χ1n) is 8.98. The van der Waals surface area contributed by atoms with Gasteiger partial charge in [0.05, 0.1) is 16.3 Å². The van der Waals surface area contributed by atoms with Gasteiger partial charge in [-0.3, -0.25) is 0 Å². The predicted octanol–water partition coefficient (Wildman–Crippen LogP) is 5.84. The van der Waals surface area contributed by atoms with E-state index < -0.39 is 7.32 Å². The van der Waals surface area contributed by atoms with Crippen LogP contribution in [0.4, 0.5) is 0 Å². The highest BCUT2D eigenvalue weighted by Gasteiger charge is 2.31. The van der Waals surface area contributed by atoms with Crippen LogP contribution in [0.15, 0.2) is 0 Å². The van der Waals surface area contributed by atoms with Gasteiger partial charge in [-0.15, -0.1) is 36.2 Å². The second-order valence-electron chi connectivity index (χ2n) is 5.29. The lowest BCUT2D eigenvalue weighted by atomic mass is 10.2. The molecule has 0 heterocycles. The SMILES string of the molecule is CCCC(S)OB(OC(CCC)SCC)OC(CCC)SCC. The minimum absolute atomic E-state index is 0.117. The van der Waals surface area contributed by atoms with Crippen LogP contribution in [-0.2, 0) is 14.0 Å².